The molecule has 0 saturated carbocycles. The van der Waals surface area contributed by atoms with Crippen LogP contribution in [0.25, 0.3) is 0 Å². The lowest BCUT2D eigenvalue weighted by atomic mass is 9.99. The lowest BCUT2D eigenvalue weighted by molar-refractivity contribution is 0.0792. The molecule has 27 heavy (non-hydrogen) atoms. The summed E-state index contributed by atoms with van der Waals surface area (Å²) >= 11 is 0. The summed E-state index contributed by atoms with van der Waals surface area (Å²) in [5.41, 5.74) is 2.99. The molecule has 0 aliphatic carbocycles. The third-order valence-corrected chi connectivity index (χ3v) is 6.33. The highest BCUT2D eigenvalue weighted by molar-refractivity contribution is 7.92. The van der Waals surface area contributed by atoms with E-state index in [1.54, 1.807) is 12.1 Å². The molecule has 0 radical (unpaired) electrons. The van der Waals surface area contributed by atoms with Gasteiger partial charge in [-0.05, 0) is 61.1 Å². The van der Waals surface area contributed by atoms with Gasteiger partial charge < -0.3 is 4.90 Å². The van der Waals surface area contributed by atoms with Crippen LogP contribution in [0.4, 0.5) is 5.69 Å². The standard InChI is InChI=1S/C21H26N2O3S/c1-15(2)19-8-6-7-16(3)20(19)22-27(25,26)18-11-9-17(10-12-18)21(24)23-13-4-5-14-23/h6-12,15,22H,4-5,13-14H2,1-3H3. The molecule has 0 aromatic heterocycles. The van der Waals surface area contributed by atoms with Gasteiger partial charge in [0.15, 0.2) is 0 Å². The number of para-hydroxylation sites is 1. The molecule has 1 aliphatic rings. The van der Waals surface area contributed by atoms with E-state index in [-0.39, 0.29) is 16.7 Å². The molecular weight excluding hydrogens is 360 g/mol. The van der Waals surface area contributed by atoms with E-state index in [1.165, 1.54) is 12.1 Å². The Morgan fingerprint density at radius 3 is 2.26 bits per heavy atom. The van der Waals surface area contributed by atoms with Crippen LogP contribution >= 0.6 is 0 Å². The Morgan fingerprint density at radius 2 is 1.67 bits per heavy atom. The fourth-order valence-electron chi connectivity index (χ4n) is 3.38. The number of hydrogen-bond acceptors (Lipinski definition) is 3. The number of rotatable bonds is 5. The van der Waals surface area contributed by atoms with Crippen LogP contribution in [-0.4, -0.2) is 32.3 Å². The largest absolute Gasteiger partial charge is 0.339 e. The third-order valence-electron chi connectivity index (χ3n) is 4.97. The maximum Gasteiger partial charge on any atom is 0.261 e. The molecule has 1 aliphatic heterocycles. The zero-order valence-electron chi connectivity index (χ0n) is 16.0. The molecule has 0 bridgehead atoms. The van der Waals surface area contributed by atoms with Crippen molar-refractivity contribution in [1.29, 1.82) is 0 Å². The Labute approximate surface area is 161 Å². The summed E-state index contributed by atoms with van der Waals surface area (Å²) in [6.45, 7) is 7.50. The zero-order valence-corrected chi connectivity index (χ0v) is 16.8. The number of carbonyl (C=O) groups excluding carboxylic acids is 1. The minimum absolute atomic E-state index is 0.0367. The molecule has 0 spiro atoms. The normalized spacial score (nSPS) is 14.6. The number of carbonyl (C=O) groups is 1. The number of sulfonamides is 1. The number of nitrogens with zero attached hydrogens (tertiary/aromatic N) is 1. The molecule has 1 amide bonds. The van der Waals surface area contributed by atoms with Gasteiger partial charge in [0.05, 0.1) is 10.6 Å². The summed E-state index contributed by atoms with van der Waals surface area (Å²) in [5, 5.41) is 0. The molecule has 2 aromatic carbocycles. The Bertz CT molecular complexity index is 928. The number of amides is 1. The van der Waals surface area contributed by atoms with E-state index in [9.17, 15) is 13.2 Å². The average Bonchev–Trinajstić information content (AvgIpc) is 3.17. The Kier molecular flexibility index (Phi) is 5.56. The van der Waals surface area contributed by atoms with E-state index in [2.05, 4.69) is 4.72 Å². The van der Waals surface area contributed by atoms with Gasteiger partial charge in [-0.15, -0.1) is 0 Å². The van der Waals surface area contributed by atoms with Crippen LogP contribution in [0.2, 0.25) is 0 Å². The first-order chi connectivity index (χ1) is 12.8. The smallest absolute Gasteiger partial charge is 0.261 e. The van der Waals surface area contributed by atoms with Crippen molar-refractivity contribution in [2.24, 2.45) is 0 Å². The van der Waals surface area contributed by atoms with Gasteiger partial charge in [0, 0.05) is 18.7 Å². The predicted octanol–water partition coefficient (Wildman–Crippen LogP) is 4.16. The Balaban J connectivity index is 1.85. The maximum atomic E-state index is 12.9. The van der Waals surface area contributed by atoms with Crippen molar-refractivity contribution in [2.75, 3.05) is 17.8 Å². The van der Waals surface area contributed by atoms with Crippen LogP contribution in [-0.2, 0) is 10.0 Å². The number of anilines is 1. The van der Waals surface area contributed by atoms with Gasteiger partial charge in [0.1, 0.15) is 0 Å². The van der Waals surface area contributed by atoms with E-state index in [0.29, 0.717) is 11.3 Å². The molecule has 1 saturated heterocycles. The summed E-state index contributed by atoms with van der Waals surface area (Å²) < 4.78 is 28.5. The first kappa shape index (κ1) is 19.4. The Hall–Kier alpha value is -2.34. The van der Waals surface area contributed by atoms with Gasteiger partial charge in [-0.3, -0.25) is 9.52 Å². The second-order valence-corrected chi connectivity index (χ2v) is 9.01. The van der Waals surface area contributed by atoms with Gasteiger partial charge >= 0.3 is 0 Å². The van der Waals surface area contributed by atoms with Crippen LogP contribution in [0.15, 0.2) is 47.4 Å². The average molecular weight is 387 g/mol. The molecule has 1 heterocycles. The van der Waals surface area contributed by atoms with Crippen LogP contribution < -0.4 is 4.72 Å². The first-order valence-electron chi connectivity index (χ1n) is 9.31. The second-order valence-electron chi connectivity index (χ2n) is 7.32. The van der Waals surface area contributed by atoms with Crippen molar-refractivity contribution in [1.82, 2.24) is 4.90 Å². The van der Waals surface area contributed by atoms with E-state index >= 15 is 0 Å². The van der Waals surface area contributed by atoms with E-state index in [4.69, 9.17) is 0 Å². The van der Waals surface area contributed by atoms with Crippen molar-refractivity contribution in [2.45, 2.75) is 44.4 Å². The van der Waals surface area contributed by atoms with Crippen LogP contribution in [0.5, 0.6) is 0 Å². The third kappa shape index (κ3) is 4.16. The molecule has 3 rings (SSSR count). The maximum absolute atomic E-state index is 12.9. The van der Waals surface area contributed by atoms with Gasteiger partial charge in [0.2, 0.25) is 0 Å². The minimum Gasteiger partial charge on any atom is -0.339 e. The highest BCUT2D eigenvalue weighted by Gasteiger charge is 2.22. The second kappa shape index (κ2) is 7.72. The highest BCUT2D eigenvalue weighted by Crippen LogP contribution is 2.29. The van der Waals surface area contributed by atoms with Crippen molar-refractivity contribution in [3.05, 3.63) is 59.2 Å². The molecule has 1 N–H and O–H groups in total. The van der Waals surface area contributed by atoms with Gasteiger partial charge in [0.25, 0.3) is 15.9 Å². The van der Waals surface area contributed by atoms with Gasteiger partial charge in [-0.1, -0.05) is 32.0 Å². The lowest BCUT2D eigenvalue weighted by Gasteiger charge is -2.18. The van der Waals surface area contributed by atoms with Crippen molar-refractivity contribution < 1.29 is 13.2 Å². The van der Waals surface area contributed by atoms with Crippen molar-refractivity contribution in [3.8, 4) is 0 Å². The number of likely N-dealkylation sites (tertiary alicyclic amines) is 1. The van der Waals surface area contributed by atoms with Crippen molar-refractivity contribution in [3.63, 3.8) is 0 Å². The summed E-state index contributed by atoms with van der Waals surface area (Å²) in [4.78, 5) is 14.4. The molecular formula is C21H26N2O3S. The molecule has 144 valence electrons. The monoisotopic (exact) mass is 386 g/mol. The zero-order chi connectivity index (χ0) is 19.6. The van der Waals surface area contributed by atoms with Crippen molar-refractivity contribution >= 4 is 21.6 Å². The van der Waals surface area contributed by atoms with E-state index in [1.807, 2.05) is 43.9 Å². The number of benzene rings is 2. The van der Waals surface area contributed by atoms with Crippen LogP contribution in [0.1, 0.15) is 54.1 Å². The molecule has 0 atom stereocenters. The van der Waals surface area contributed by atoms with E-state index < -0.39 is 10.0 Å². The topological polar surface area (TPSA) is 66.5 Å². The summed E-state index contributed by atoms with van der Waals surface area (Å²) in [7, 11) is -3.73. The fourth-order valence-corrected chi connectivity index (χ4v) is 4.54. The number of aryl methyl sites for hydroxylation is 1. The van der Waals surface area contributed by atoms with Gasteiger partial charge in [-0.2, -0.15) is 0 Å². The lowest BCUT2D eigenvalue weighted by Crippen LogP contribution is -2.27. The van der Waals surface area contributed by atoms with Gasteiger partial charge in [-0.25, -0.2) is 8.42 Å². The quantitative estimate of drug-likeness (QED) is 0.839. The predicted molar refractivity (Wildman–Crippen MR) is 108 cm³/mol. The highest BCUT2D eigenvalue weighted by atomic mass is 32.2. The van der Waals surface area contributed by atoms with E-state index in [0.717, 1.165) is 37.1 Å². The van der Waals surface area contributed by atoms with Crippen LogP contribution in [0, 0.1) is 6.92 Å². The minimum atomic E-state index is -3.73. The number of hydrogen-bond donors (Lipinski definition) is 1. The first-order valence-corrected chi connectivity index (χ1v) is 10.8. The fraction of sp³-hybridized carbons (Fsp3) is 0.381. The molecule has 1 fully saturated rings. The summed E-state index contributed by atoms with van der Waals surface area (Å²) in [6, 6.07) is 11.9. The Morgan fingerprint density at radius 1 is 1.04 bits per heavy atom. The summed E-state index contributed by atoms with van der Waals surface area (Å²) in [6.07, 6.45) is 2.05. The molecule has 6 heteroatoms. The molecule has 2 aromatic rings. The summed E-state index contributed by atoms with van der Waals surface area (Å²) in [5.74, 6) is 0.161. The van der Waals surface area contributed by atoms with Crippen LogP contribution in [0.3, 0.4) is 0 Å². The molecule has 5 nitrogen and oxygen atoms in total. The molecule has 0 unspecified atom stereocenters. The number of nitrogens with one attached hydrogen (secondary N) is 1. The SMILES string of the molecule is Cc1cccc(C(C)C)c1NS(=O)(=O)c1ccc(C(=O)N2CCCC2)cc1.